The molecule has 0 saturated heterocycles. The number of amides is 1. The molecule has 0 aromatic heterocycles. The van der Waals surface area contributed by atoms with Crippen LogP contribution in [0.3, 0.4) is 0 Å². The third-order valence-electron chi connectivity index (χ3n) is 3.67. The van der Waals surface area contributed by atoms with Gasteiger partial charge in [-0.25, -0.2) is 8.42 Å². The SMILES string of the molecule is CC(CN)CNC(=O)c1cccc(S(=O)(=O)Cc2ccccc2)c1. The number of carbonyl (C=O) groups excluding carboxylic acids is 1. The van der Waals surface area contributed by atoms with E-state index in [1.165, 1.54) is 12.1 Å². The molecule has 0 radical (unpaired) electrons. The standard InChI is InChI=1S/C18H22N2O3S/c1-14(11-19)12-20-18(21)16-8-5-9-17(10-16)24(22,23)13-15-6-3-2-4-7-15/h2-10,14H,11-13,19H2,1H3,(H,20,21). The van der Waals surface area contributed by atoms with E-state index in [0.717, 1.165) is 0 Å². The lowest BCUT2D eigenvalue weighted by molar-refractivity contribution is 0.0948. The highest BCUT2D eigenvalue weighted by Gasteiger charge is 2.17. The van der Waals surface area contributed by atoms with Gasteiger partial charge in [-0.2, -0.15) is 0 Å². The lowest BCUT2D eigenvalue weighted by Gasteiger charge is -2.11. The Morgan fingerprint density at radius 3 is 2.50 bits per heavy atom. The van der Waals surface area contributed by atoms with Gasteiger partial charge < -0.3 is 11.1 Å². The van der Waals surface area contributed by atoms with Crippen molar-refractivity contribution in [1.82, 2.24) is 5.32 Å². The molecule has 128 valence electrons. The first-order valence-corrected chi connectivity index (χ1v) is 9.42. The number of carbonyl (C=O) groups is 1. The molecule has 0 aliphatic carbocycles. The van der Waals surface area contributed by atoms with Crippen molar-refractivity contribution in [3.05, 3.63) is 65.7 Å². The predicted molar refractivity (Wildman–Crippen MR) is 94.3 cm³/mol. The maximum Gasteiger partial charge on any atom is 0.251 e. The molecule has 1 unspecified atom stereocenters. The number of nitrogens with one attached hydrogen (secondary N) is 1. The Bertz CT molecular complexity index is 789. The fourth-order valence-corrected chi connectivity index (χ4v) is 3.55. The highest BCUT2D eigenvalue weighted by Crippen LogP contribution is 2.17. The Kier molecular flexibility index (Phi) is 6.11. The highest BCUT2D eigenvalue weighted by molar-refractivity contribution is 7.90. The number of hydrogen-bond donors (Lipinski definition) is 2. The van der Waals surface area contributed by atoms with Crippen LogP contribution in [0.5, 0.6) is 0 Å². The number of benzene rings is 2. The van der Waals surface area contributed by atoms with E-state index in [0.29, 0.717) is 24.2 Å². The van der Waals surface area contributed by atoms with Crippen molar-refractivity contribution >= 4 is 15.7 Å². The summed E-state index contributed by atoms with van der Waals surface area (Å²) in [6.07, 6.45) is 0. The summed E-state index contributed by atoms with van der Waals surface area (Å²) in [5, 5.41) is 2.76. The van der Waals surface area contributed by atoms with Crippen LogP contribution in [0, 0.1) is 5.92 Å². The molecule has 2 aromatic carbocycles. The van der Waals surface area contributed by atoms with Gasteiger partial charge in [0.2, 0.25) is 0 Å². The van der Waals surface area contributed by atoms with Gasteiger partial charge in [0.25, 0.3) is 5.91 Å². The molecule has 0 aliphatic heterocycles. The summed E-state index contributed by atoms with van der Waals surface area (Å²) in [4.78, 5) is 12.3. The van der Waals surface area contributed by atoms with Crippen LogP contribution < -0.4 is 11.1 Å². The Morgan fingerprint density at radius 1 is 1.12 bits per heavy atom. The minimum atomic E-state index is -3.51. The first-order valence-electron chi connectivity index (χ1n) is 7.77. The molecule has 0 spiro atoms. The molecule has 0 saturated carbocycles. The van der Waals surface area contributed by atoms with Gasteiger partial charge in [0.15, 0.2) is 9.84 Å². The summed E-state index contributed by atoms with van der Waals surface area (Å²) >= 11 is 0. The fraction of sp³-hybridized carbons (Fsp3) is 0.278. The van der Waals surface area contributed by atoms with Crippen molar-refractivity contribution in [3.63, 3.8) is 0 Å². The number of hydrogen-bond acceptors (Lipinski definition) is 4. The molecule has 0 aliphatic rings. The van der Waals surface area contributed by atoms with Crippen LogP contribution in [-0.2, 0) is 15.6 Å². The highest BCUT2D eigenvalue weighted by atomic mass is 32.2. The molecule has 6 heteroatoms. The van der Waals surface area contributed by atoms with Gasteiger partial charge in [0, 0.05) is 12.1 Å². The van der Waals surface area contributed by atoms with Gasteiger partial charge in [-0.05, 0) is 36.2 Å². The summed E-state index contributed by atoms with van der Waals surface area (Å²) in [7, 11) is -3.51. The number of sulfone groups is 1. The van der Waals surface area contributed by atoms with Gasteiger partial charge in [-0.3, -0.25) is 4.79 Å². The predicted octanol–water partition coefficient (Wildman–Crippen LogP) is 1.99. The van der Waals surface area contributed by atoms with Crippen molar-refractivity contribution in [2.75, 3.05) is 13.1 Å². The molecule has 1 amide bonds. The monoisotopic (exact) mass is 346 g/mol. The molecule has 5 nitrogen and oxygen atoms in total. The van der Waals surface area contributed by atoms with E-state index >= 15 is 0 Å². The summed E-state index contributed by atoms with van der Waals surface area (Å²) in [6, 6.07) is 15.1. The third-order valence-corrected chi connectivity index (χ3v) is 5.35. The zero-order chi connectivity index (χ0) is 17.6. The Labute approximate surface area is 142 Å². The van der Waals surface area contributed by atoms with Crippen LogP contribution in [-0.4, -0.2) is 27.4 Å². The van der Waals surface area contributed by atoms with Crippen LogP contribution >= 0.6 is 0 Å². The van der Waals surface area contributed by atoms with Gasteiger partial charge in [0.05, 0.1) is 10.6 Å². The quantitative estimate of drug-likeness (QED) is 0.802. The zero-order valence-electron chi connectivity index (χ0n) is 13.6. The van der Waals surface area contributed by atoms with E-state index in [1.54, 1.807) is 36.4 Å². The van der Waals surface area contributed by atoms with E-state index in [4.69, 9.17) is 5.73 Å². The molecule has 3 N–H and O–H groups in total. The maximum atomic E-state index is 12.5. The summed E-state index contributed by atoms with van der Waals surface area (Å²) in [5.41, 5.74) is 6.56. The van der Waals surface area contributed by atoms with Crippen LogP contribution in [0.2, 0.25) is 0 Å². The molecule has 0 heterocycles. The molecule has 1 atom stereocenters. The van der Waals surface area contributed by atoms with Crippen molar-refractivity contribution < 1.29 is 13.2 Å². The average molecular weight is 346 g/mol. The Morgan fingerprint density at radius 2 is 1.83 bits per heavy atom. The normalized spacial score (nSPS) is 12.6. The molecule has 0 fully saturated rings. The van der Waals surface area contributed by atoms with Crippen molar-refractivity contribution in [2.45, 2.75) is 17.6 Å². The second-order valence-corrected chi connectivity index (χ2v) is 7.81. The van der Waals surface area contributed by atoms with Gasteiger partial charge in [-0.15, -0.1) is 0 Å². The lowest BCUT2D eigenvalue weighted by Crippen LogP contribution is -2.31. The molecule has 24 heavy (non-hydrogen) atoms. The van der Waals surface area contributed by atoms with Gasteiger partial charge in [-0.1, -0.05) is 43.3 Å². The van der Waals surface area contributed by atoms with Crippen molar-refractivity contribution in [3.8, 4) is 0 Å². The summed E-state index contributed by atoms with van der Waals surface area (Å²) in [6.45, 7) is 2.86. The number of nitrogens with two attached hydrogens (primary N) is 1. The van der Waals surface area contributed by atoms with E-state index in [-0.39, 0.29) is 22.5 Å². The van der Waals surface area contributed by atoms with Crippen LogP contribution in [0.4, 0.5) is 0 Å². The fourth-order valence-electron chi connectivity index (χ4n) is 2.16. The maximum absolute atomic E-state index is 12.5. The summed E-state index contributed by atoms with van der Waals surface area (Å²) in [5.74, 6) is -0.227. The van der Waals surface area contributed by atoms with Crippen LogP contribution in [0.1, 0.15) is 22.8 Å². The van der Waals surface area contributed by atoms with E-state index in [1.807, 2.05) is 13.0 Å². The van der Waals surface area contributed by atoms with Crippen molar-refractivity contribution in [2.24, 2.45) is 11.7 Å². The smallest absolute Gasteiger partial charge is 0.251 e. The zero-order valence-corrected chi connectivity index (χ0v) is 14.4. The Balaban J connectivity index is 2.15. The largest absolute Gasteiger partial charge is 0.352 e. The average Bonchev–Trinajstić information content (AvgIpc) is 2.60. The third kappa shape index (κ3) is 4.91. The van der Waals surface area contributed by atoms with Gasteiger partial charge >= 0.3 is 0 Å². The second-order valence-electron chi connectivity index (χ2n) is 5.82. The first kappa shape index (κ1) is 18.2. The van der Waals surface area contributed by atoms with E-state index < -0.39 is 9.84 Å². The van der Waals surface area contributed by atoms with E-state index in [9.17, 15) is 13.2 Å². The van der Waals surface area contributed by atoms with Gasteiger partial charge in [0.1, 0.15) is 0 Å². The molecule has 0 bridgehead atoms. The van der Waals surface area contributed by atoms with Crippen LogP contribution in [0.15, 0.2) is 59.5 Å². The minimum Gasteiger partial charge on any atom is -0.352 e. The minimum absolute atomic E-state index is 0.0941. The molecule has 2 aromatic rings. The molecular formula is C18H22N2O3S. The lowest BCUT2D eigenvalue weighted by atomic mass is 10.1. The number of rotatable bonds is 7. The second kappa shape index (κ2) is 8.08. The topological polar surface area (TPSA) is 89.3 Å². The van der Waals surface area contributed by atoms with Crippen LogP contribution in [0.25, 0.3) is 0 Å². The Hall–Kier alpha value is -2.18. The molecular weight excluding hydrogens is 324 g/mol. The van der Waals surface area contributed by atoms with Crippen molar-refractivity contribution in [1.29, 1.82) is 0 Å². The first-order chi connectivity index (χ1) is 11.4. The molecule has 2 rings (SSSR count). The summed E-state index contributed by atoms with van der Waals surface area (Å²) < 4.78 is 25.1. The van der Waals surface area contributed by atoms with E-state index in [2.05, 4.69) is 5.32 Å².